The Morgan fingerprint density at radius 3 is 1.25 bits per heavy atom. The largest absolute Gasteiger partial charge is 0.394 e. The van der Waals surface area contributed by atoms with Gasteiger partial charge >= 0.3 is 0 Å². The lowest BCUT2D eigenvalue weighted by Gasteiger charge is -2.49. The van der Waals surface area contributed by atoms with E-state index in [0.717, 1.165) is 32.1 Å². The van der Waals surface area contributed by atoms with Gasteiger partial charge in [-0.05, 0) is 6.42 Å². The molecule has 4 aliphatic rings. The maximum Gasteiger partial charge on any atom is 0.251 e. The number of ether oxygens (including phenoxy) is 8. The number of nitrogens with one attached hydrogen (secondary N) is 1. The molecule has 406 valence electrons. The Morgan fingerprint density at radius 1 is 0.478 bits per heavy atom. The zero-order valence-corrected chi connectivity index (χ0v) is 38.4. The van der Waals surface area contributed by atoms with Gasteiger partial charge < -0.3 is 130 Å². The minimum atomic E-state index is -2.24. The summed E-state index contributed by atoms with van der Waals surface area (Å²) in [5, 5.41) is 182. The van der Waals surface area contributed by atoms with E-state index in [1.165, 1.54) is 25.7 Å². The summed E-state index contributed by atoms with van der Waals surface area (Å²) in [6.45, 7) is -2.55. The Labute approximate surface area is 398 Å². The number of rotatable bonds is 28. The third kappa shape index (κ3) is 15.5. The fourth-order valence-corrected chi connectivity index (χ4v) is 8.56. The van der Waals surface area contributed by atoms with Crippen molar-refractivity contribution in [1.29, 1.82) is 0 Å². The molecule has 4 fully saturated rings. The van der Waals surface area contributed by atoms with Crippen LogP contribution in [0, 0.1) is 0 Å². The highest BCUT2D eigenvalue weighted by molar-refractivity contribution is 5.81. The van der Waals surface area contributed by atoms with Gasteiger partial charge in [-0.2, -0.15) is 0 Å². The van der Waals surface area contributed by atoms with E-state index >= 15 is 0 Å². The number of hydrogen-bond donors (Lipinski definition) is 18. The number of carbonyl (C=O) groups is 1. The Kier molecular flexibility index (Phi) is 25.6. The van der Waals surface area contributed by atoms with Gasteiger partial charge in [-0.3, -0.25) is 4.79 Å². The molecule has 0 aromatic rings. The van der Waals surface area contributed by atoms with E-state index in [0.29, 0.717) is 6.42 Å². The molecule has 0 radical (unpaired) electrons. The number of unbranched alkanes of at least 4 members (excludes halogenated alkanes) is 9. The van der Waals surface area contributed by atoms with Crippen molar-refractivity contribution in [1.82, 2.24) is 5.32 Å². The SMILES string of the molecule is CCCCCCCCCCCCNC(=O)[C@H](O)[C@@H](O)[C@H](O[C@H]1O[C@H](CO)[C@@H](O[C@H]2O[C@H](CO)[C@@H](O[C@H]3O[C@H](CO)[C@@H](O[C@H]4O[C@H](CO)[C@@H](O)[C@H](O)[C@H]4O)[C@H](O)[C@H]3O)[C@H](O)[C@H]2O)[C@H](O)[C@H]1O)[C@H](O)CO. The number of aliphatic hydroxyl groups is 17. The van der Waals surface area contributed by atoms with E-state index in [1.807, 2.05) is 0 Å². The van der Waals surface area contributed by atoms with Crippen molar-refractivity contribution in [2.24, 2.45) is 0 Å². The third-order valence-electron chi connectivity index (χ3n) is 12.8. The lowest BCUT2D eigenvalue weighted by molar-refractivity contribution is -0.390. The van der Waals surface area contributed by atoms with E-state index in [2.05, 4.69) is 12.2 Å². The second kappa shape index (κ2) is 29.4. The van der Waals surface area contributed by atoms with Crippen LogP contribution in [0.3, 0.4) is 0 Å². The summed E-state index contributed by atoms with van der Waals surface area (Å²) < 4.78 is 44.4. The number of hydrogen-bond acceptors (Lipinski definition) is 26. The molecule has 1 amide bonds. The zero-order chi connectivity index (χ0) is 51.1. The summed E-state index contributed by atoms with van der Waals surface area (Å²) in [5.41, 5.74) is 0. The topological polar surface area (TPSA) is 447 Å². The molecule has 0 aromatic heterocycles. The second-order valence-electron chi connectivity index (χ2n) is 17.9. The van der Waals surface area contributed by atoms with Gasteiger partial charge in [0.05, 0.1) is 33.0 Å². The van der Waals surface area contributed by atoms with Crippen molar-refractivity contribution in [2.45, 2.75) is 218 Å². The molecule has 0 saturated carbocycles. The van der Waals surface area contributed by atoms with Gasteiger partial charge in [0.15, 0.2) is 31.3 Å². The van der Waals surface area contributed by atoms with Crippen LogP contribution in [-0.4, -0.2) is 280 Å². The van der Waals surface area contributed by atoms with Crippen LogP contribution in [0.4, 0.5) is 0 Å². The van der Waals surface area contributed by atoms with Crippen LogP contribution in [0.25, 0.3) is 0 Å². The second-order valence-corrected chi connectivity index (χ2v) is 17.9. The first-order valence-corrected chi connectivity index (χ1v) is 23.6. The minimum absolute atomic E-state index is 0.162. The first-order valence-electron chi connectivity index (χ1n) is 23.6. The van der Waals surface area contributed by atoms with Crippen molar-refractivity contribution < 1.29 is 130 Å². The maximum absolute atomic E-state index is 12.7. The highest BCUT2D eigenvalue weighted by atomic mass is 16.8. The predicted octanol–water partition coefficient (Wildman–Crippen LogP) is -8.24. The van der Waals surface area contributed by atoms with Crippen molar-refractivity contribution >= 4 is 5.91 Å². The predicted molar refractivity (Wildman–Crippen MR) is 227 cm³/mol. The smallest absolute Gasteiger partial charge is 0.251 e. The first kappa shape index (κ1) is 60.0. The van der Waals surface area contributed by atoms with E-state index < -0.39 is 186 Å². The van der Waals surface area contributed by atoms with Gasteiger partial charge in [0.1, 0.15) is 116 Å². The standard InChI is InChI=1S/C42H77NO26/c1-2-3-4-5-6-7-8-9-10-11-12-43-38(61)29(56)25(52)34(18(49)13-44)66-40-31(58)26(53)36(20(15-46)63-40)68-42-33(60)28(55)37(22(17-48)65-42)69-41-32(59)27(54)35(21(16-47)64-41)67-39-30(57)24(51)23(50)19(14-45)62-39/h18-37,39-42,44-60H,2-17H2,1H3,(H,43,61)/t18-,19-,20-,21-,22-,23-,24+,25-,26-,27-,28-,29-,30-,31-,32-,33-,34-,35-,36-,37-,39-,40-,41-,42-/m1/s1. The van der Waals surface area contributed by atoms with Crippen molar-refractivity contribution in [3.05, 3.63) is 0 Å². The molecular weight excluding hydrogens is 934 g/mol. The van der Waals surface area contributed by atoms with E-state index in [-0.39, 0.29) is 6.54 Å². The molecular formula is C42H77NO26. The molecule has 27 nitrogen and oxygen atoms in total. The minimum Gasteiger partial charge on any atom is -0.394 e. The molecule has 18 N–H and O–H groups in total. The Hall–Kier alpha value is -1.53. The summed E-state index contributed by atoms with van der Waals surface area (Å²) >= 11 is 0. The number of carbonyl (C=O) groups excluding carboxylic acids is 1. The summed E-state index contributed by atoms with van der Waals surface area (Å²) in [5.74, 6) is -1.03. The Morgan fingerprint density at radius 2 is 0.841 bits per heavy atom. The van der Waals surface area contributed by atoms with Gasteiger partial charge in [-0.1, -0.05) is 64.7 Å². The highest BCUT2D eigenvalue weighted by Gasteiger charge is 2.56. The van der Waals surface area contributed by atoms with Crippen LogP contribution in [0.5, 0.6) is 0 Å². The molecule has 24 atom stereocenters. The summed E-state index contributed by atoms with van der Waals surface area (Å²) in [6, 6.07) is 0. The zero-order valence-electron chi connectivity index (χ0n) is 38.4. The monoisotopic (exact) mass is 1010 g/mol. The number of amides is 1. The maximum atomic E-state index is 12.7. The molecule has 0 aromatic carbocycles. The van der Waals surface area contributed by atoms with Crippen LogP contribution in [0.15, 0.2) is 0 Å². The third-order valence-corrected chi connectivity index (χ3v) is 12.8. The van der Waals surface area contributed by atoms with Crippen LogP contribution in [0.1, 0.15) is 71.1 Å². The molecule has 4 heterocycles. The molecule has 69 heavy (non-hydrogen) atoms. The van der Waals surface area contributed by atoms with Crippen molar-refractivity contribution in [3.63, 3.8) is 0 Å². The van der Waals surface area contributed by atoms with Crippen LogP contribution >= 0.6 is 0 Å². The quantitative estimate of drug-likeness (QED) is 0.0324. The van der Waals surface area contributed by atoms with Gasteiger partial charge in [0, 0.05) is 6.54 Å². The number of aliphatic hydroxyl groups excluding tert-OH is 17. The van der Waals surface area contributed by atoms with Crippen molar-refractivity contribution in [3.8, 4) is 0 Å². The Bertz CT molecular complexity index is 1440. The molecule has 0 bridgehead atoms. The fourth-order valence-electron chi connectivity index (χ4n) is 8.56. The Balaban J connectivity index is 1.33. The van der Waals surface area contributed by atoms with Gasteiger partial charge in [0.2, 0.25) is 0 Å². The highest BCUT2D eigenvalue weighted by Crippen LogP contribution is 2.35. The molecule has 4 aliphatic heterocycles. The lowest BCUT2D eigenvalue weighted by atomic mass is 9.95. The van der Waals surface area contributed by atoms with Gasteiger partial charge in [-0.25, -0.2) is 0 Å². The van der Waals surface area contributed by atoms with Gasteiger partial charge in [0.25, 0.3) is 5.91 Å². The molecule has 4 rings (SSSR count). The molecule has 0 spiro atoms. The fraction of sp³-hybridized carbons (Fsp3) is 0.976. The average Bonchev–Trinajstić information content (AvgIpc) is 3.35. The molecule has 4 saturated heterocycles. The van der Waals surface area contributed by atoms with E-state index in [4.69, 9.17) is 37.9 Å². The van der Waals surface area contributed by atoms with Crippen LogP contribution in [0.2, 0.25) is 0 Å². The summed E-state index contributed by atoms with van der Waals surface area (Å²) in [6.07, 6.45) is -35.9. The molecule has 0 unspecified atom stereocenters. The van der Waals surface area contributed by atoms with Crippen molar-refractivity contribution in [2.75, 3.05) is 39.6 Å². The summed E-state index contributed by atoms with van der Waals surface area (Å²) in [7, 11) is 0. The lowest BCUT2D eigenvalue weighted by Crippen LogP contribution is -2.67. The summed E-state index contributed by atoms with van der Waals surface area (Å²) in [4.78, 5) is 12.7. The van der Waals surface area contributed by atoms with E-state index in [9.17, 15) is 91.6 Å². The normalized spacial score (nSPS) is 40.5. The average molecular weight is 1010 g/mol. The van der Waals surface area contributed by atoms with E-state index in [1.54, 1.807) is 0 Å². The van der Waals surface area contributed by atoms with Gasteiger partial charge in [-0.15, -0.1) is 0 Å². The first-order chi connectivity index (χ1) is 32.9. The van der Waals surface area contributed by atoms with Crippen LogP contribution in [-0.2, 0) is 42.7 Å². The molecule has 27 heteroatoms. The molecule has 0 aliphatic carbocycles. The van der Waals surface area contributed by atoms with Crippen LogP contribution < -0.4 is 5.32 Å².